The van der Waals surface area contributed by atoms with E-state index in [1.807, 2.05) is 49.1 Å². The first kappa shape index (κ1) is 15.5. The van der Waals surface area contributed by atoms with E-state index in [9.17, 15) is 0 Å². The smallest absolute Gasteiger partial charge is 0.129 e. The Kier molecular flexibility index (Phi) is 5.30. The predicted molar refractivity (Wildman–Crippen MR) is 87.4 cm³/mol. The van der Waals surface area contributed by atoms with Gasteiger partial charge in [-0.2, -0.15) is 0 Å². The highest BCUT2D eigenvalue weighted by molar-refractivity contribution is 7.80. The number of hydrogen-bond acceptors (Lipinski definition) is 4. The van der Waals surface area contributed by atoms with Crippen LogP contribution in [0.4, 0.5) is 0 Å². The normalized spacial score (nSPS) is 10.8. The third-order valence-corrected chi connectivity index (χ3v) is 3.44. The van der Waals surface area contributed by atoms with Crippen molar-refractivity contribution < 1.29 is 4.74 Å². The SMILES string of the molecule is CN(CCOc1ccccc1C(N)=S)Cc1nccn1C. The van der Waals surface area contributed by atoms with Crippen molar-refractivity contribution in [2.45, 2.75) is 6.54 Å². The number of hydrogen-bond donors (Lipinski definition) is 1. The molecule has 0 spiro atoms. The van der Waals surface area contributed by atoms with E-state index in [-0.39, 0.29) is 0 Å². The zero-order chi connectivity index (χ0) is 15.2. The second kappa shape index (κ2) is 7.19. The first-order valence-electron chi connectivity index (χ1n) is 6.74. The number of rotatable bonds is 7. The van der Waals surface area contributed by atoms with Gasteiger partial charge in [-0.1, -0.05) is 24.4 Å². The summed E-state index contributed by atoms with van der Waals surface area (Å²) in [6.45, 7) is 2.14. The molecule has 0 amide bonds. The molecule has 1 aromatic heterocycles. The first-order valence-corrected chi connectivity index (χ1v) is 7.15. The molecule has 0 atom stereocenters. The number of imidazole rings is 1. The van der Waals surface area contributed by atoms with E-state index in [0.29, 0.717) is 11.6 Å². The monoisotopic (exact) mass is 304 g/mol. The Balaban J connectivity index is 1.84. The Morgan fingerprint density at radius 3 is 2.86 bits per heavy atom. The van der Waals surface area contributed by atoms with Crippen LogP contribution in [0.1, 0.15) is 11.4 Å². The second-order valence-corrected chi connectivity index (χ2v) is 5.34. The van der Waals surface area contributed by atoms with Gasteiger partial charge in [-0.3, -0.25) is 4.90 Å². The molecule has 0 fully saturated rings. The topological polar surface area (TPSA) is 56.3 Å². The number of aryl methyl sites for hydroxylation is 1. The molecule has 2 rings (SSSR count). The number of likely N-dealkylation sites (N-methyl/N-ethyl adjacent to an activating group) is 1. The molecule has 0 aliphatic carbocycles. The molecule has 0 unspecified atom stereocenters. The van der Waals surface area contributed by atoms with Crippen molar-refractivity contribution in [2.75, 3.05) is 20.2 Å². The quantitative estimate of drug-likeness (QED) is 0.787. The summed E-state index contributed by atoms with van der Waals surface area (Å²) in [5.41, 5.74) is 6.46. The van der Waals surface area contributed by atoms with Crippen LogP contribution in [0, 0.1) is 0 Å². The Labute approximate surface area is 130 Å². The minimum atomic E-state index is 0.354. The van der Waals surface area contributed by atoms with Gasteiger partial charge in [-0.05, 0) is 19.2 Å². The van der Waals surface area contributed by atoms with Crippen molar-refractivity contribution in [3.63, 3.8) is 0 Å². The standard InChI is InChI=1S/C15H20N4OS/c1-18(11-14-17-7-8-19(14)2)9-10-20-13-6-4-3-5-12(13)15(16)21/h3-8H,9-11H2,1-2H3,(H2,16,21). The van der Waals surface area contributed by atoms with Gasteiger partial charge in [0.1, 0.15) is 23.2 Å². The fourth-order valence-corrected chi connectivity index (χ4v) is 2.15. The highest BCUT2D eigenvalue weighted by Crippen LogP contribution is 2.17. The summed E-state index contributed by atoms with van der Waals surface area (Å²) >= 11 is 5.02. The maximum Gasteiger partial charge on any atom is 0.129 e. The highest BCUT2D eigenvalue weighted by atomic mass is 32.1. The zero-order valence-corrected chi connectivity index (χ0v) is 13.1. The summed E-state index contributed by atoms with van der Waals surface area (Å²) in [5, 5.41) is 0. The Bertz CT molecular complexity index is 611. The highest BCUT2D eigenvalue weighted by Gasteiger charge is 2.07. The van der Waals surface area contributed by atoms with E-state index in [4.69, 9.17) is 22.7 Å². The van der Waals surface area contributed by atoms with Crippen LogP contribution in [0.5, 0.6) is 5.75 Å². The molecule has 1 aromatic carbocycles. The lowest BCUT2D eigenvalue weighted by atomic mass is 10.2. The fraction of sp³-hybridized carbons (Fsp3) is 0.333. The van der Waals surface area contributed by atoms with Gasteiger partial charge >= 0.3 is 0 Å². The number of nitrogens with zero attached hydrogens (tertiary/aromatic N) is 3. The lowest BCUT2D eigenvalue weighted by molar-refractivity contribution is 0.228. The number of ether oxygens (including phenoxy) is 1. The van der Waals surface area contributed by atoms with E-state index < -0.39 is 0 Å². The van der Waals surface area contributed by atoms with Crippen molar-refractivity contribution in [3.05, 3.63) is 48.0 Å². The number of para-hydroxylation sites is 1. The Hall–Kier alpha value is -1.92. The average Bonchev–Trinajstić information content (AvgIpc) is 2.84. The van der Waals surface area contributed by atoms with Gasteiger partial charge < -0.3 is 15.0 Å². The van der Waals surface area contributed by atoms with Gasteiger partial charge in [-0.15, -0.1) is 0 Å². The summed E-state index contributed by atoms with van der Waals surface area (Å²) in [7, 11) is 4.03. The largest absolute Gasteiger partial charge is 0.492 e. The van der Waals surface area contributed by atoms with Crippen LogP contribution in [0.15, 0.2) is 36.7 Å². The van der Waals surface area contributed by atoms with Gasteiger partial charge in [0.05, 0.1) is 12.1 Å². The van der Waals surface area contributed by atoms with Crippen LogP contribution in [-0.2, 0) is 13.6 Å². The molecule has 6 heteroatoms. The molecule has 2 N–H and O–H groups in total. The van der Waals surface area contributed by atoms with Gasteiger partial charge in [0.25, 0.3) is 0 Å². The molecule has 0 aliphatic heterocycles. The fourth-order valence-electron chi connectivity index (χ4n) is 1.98. The summed E-state index contributed by atoms with van der Waals surface area (Å²) in [6, 6.07) is 7.56. The van der Waals surface area contributed by atoms with Crippen molar-refractivity contribution in [2.24, 2.45) is 12.8 Å². The second-order valence-electron chi connectivity index (χ2n) is 4.90. The lowest BCUT2D eigenvalue weighted by Crippen LogP contribution is -2.25. The van der Waals surface area contributed by atoms with Crippen LogP contribution in [0.25, 0.3) is 0 Å². The van der Waals surface area contributed by atoms with E-state index in [1.54, 1.807) is 6.20 Å². The number of nitrogens with two attached hydrogens (primary N) is 1. The molecule has 1 heterocycles. The van der Waals surface area contributed by atoms with E-state index in [0.717, 1.165) is 30.2 Å². The minimum absolute atomic E-state index is 0.354. The van der Waals surface area contributed by atoms with Crippen LogP contribution in [0.3, 0.4) is 0 Å². The average molecular weight is 304 g/mol. The maximum absolute atomic E-state index is 5.78. The lowest BCUT2D eigenvalue weighted by Gasteiger charge is -2.17. The number of thiocarbonyl (C=S) groups is 1. The molecule has 2 aromatic rings. The third kappa shape index (κ3) is 4.27. The van der Waals surface area contributed by atoms with E-state index >= 15 is 0 Å². The van der Waals surface area contributed by atoms with E-state index in [1.165, 1.54) is 0 Å². The Morgan fingerprint density at radius 2 is 2.19 bits per heavy atom. The van der Waals surface area contributed by atoms with Crippen LogP contribution < -0.4 is 10.5 Å². The Morgan fingerprint density at radius 1 is 1.43 bits per heavy atom. The van der Waals surface area contributed by atoms with Crippen LogP contribution >= 0.6 is 12.2 Å². The summed E-state index contributed by atoms with van der Waals surface area (Å²) < 4.78 is 7.80. The number of benzene rings is 1. The zero-order valence-electron chi connectivity index (χ0n) is 12.3. The van der Waals surface area contributed by atoms with Gasteiger partial charge in [0.15, 0.2) is 0 Å². The molecule has 0 saturated carbocycles. The van der Waals surface area contributed by atoms with E-state index in [2.05, 4.69) is 9.88 Å². The van der Waals surface area contributed by atoms with Crippen molar-refractivity contribution >= 4 is 17.2 Å². The molecule has 21 heavy (non-hydrogen) atoms. The first-order chi connectivity index (χ1) is 10.1. The van der Waals surface area contributed by atoms with Crippen molar-refractivity contribution in [1.82, 2.24) is 14.5 Å². The predicted octanol–water partition coefficient (Wildman–Crippen LogP) is 1.57. The van der Waals surface area contributed by atoms with Crippen LogP contribution in [-0.4, -0.2) is 39.6 Å². The molecular weight excluding hydrogens is 284 g/mol. The third-order valence-electron chi connectivity index (χ3n) is 3.22. The minimum Gasteiger partial charge on any atom is -0.492 e. The molecule has 0 saturated heterocycles. The summed E-state index contributed by atoms with van der Waals surface area (Å²) in [4.78, 5) is 6.82. The summed E-state index contributed by atoms with van der Waals surface area (Å²) in [6.07, 6.45) is 3.75. The van der Waals surface area contributed by atoms with Gasteiger partial charge in [0, 0.05) is 26.0 Å². The van der Waals surface area contributed by atoms with Gasteiger partial charge in [-0.25, -0.2) is 4.98 Å². The molecule has 112 valence electrons. The molecular formula is C15H20N4OS. The van der Waals surface area contributed by atoms with Gasteiger partial charge in [0.2, 0.25) is 0 Å². The molecule has 0 bridgehead atoms. The molecule has 5 nitrogen and oxygen atoms in total. The van der Waals surface area contributed by atoms with Crippen molar-refractivity contribution in [3.8, 4) is 5.75 Å². The summed E-state index contributed by atoms with van der Waals surface area (Å²) in [5.74, 6) is 1.76. The number of aromatic nitrogens is 2. The maximum atomic E-state index is 5.78. The molecule has 0 aliphatic rings. The van der Waals surface area contributed by atoms with Crippen molar-refractivity contribution in [1.29, 1.82) is 0 Å². The van der Waals surface area contributed by atoms with Crippen LogP contribution in [0.2, 0.25) is 0 Å². The molecule has 0 radical (unpaired) electrons.